The van der Waals surface area contributed by atoms with Crippen molar-refractivity contribution < 1.29 is 9.59 Å². The summed E-state index contributed by atoms with van der Waals surface area (Å²) in [6.45, 7) is 10.4. The van der Waals surface area contributed by atoms with E-state index in [1.807, 2.05) is 88.4 Å². The van der Waals surface area contributed by atoms with Crippen LogP contribution in [0, 0.1) is 13.8 Å². The van der Waals surface area contributed by atoms with Gasteiger partial charge in [0.15, 0.2) is 0 Å². The fraction of sp³-hybridized carbons (Fsp3) is 0.355. The molecule has 0 radical (unpaired) electrons. The van der Waals surface area contributed by atoms with Crippen molar-refractivity contribution in [3.05, 3.63) is 107 Å². The number of amides is 2. The van der Waals surface area contributed by atoms with Gasteiger partial charge in [-0.15, -0.1) is 11.8 Å². The van der Waals surface area contributed by atoms with Crippen molar-refractivity contribution in [1.29, 1.82) is 0 Å². The van der Waals surface area contributed by atoms with E-state index in [0.29, 0.717) is 18.7 Å². The first-order valence-corrected chi connectivity index (χ1v) is 13.6. The maximum Gasteiger partial charge on any atom is 0.243 e. The Morgan fingerprint density at radius 1 is 0.833 bits per heavy atom. The molecule has 3 aromatic rings. The third-order valence-corrected chi connectivity index (χ3v) is 6.81. The molecule has 0 aliphatic carbocycles. The molecule has 3 rings (SSSR count). The van der Waals surface area contributed by atoms with E-state index in [1.165, 1.54) is 11.1 Å². The number of nitrogens with one attached hydrogen (secondary N) is 1. The summed E-state index contributed by atoms with van der Waals surface area (Å²) in [7, 11) is 0. The lowest BCUT2D eigenvalue weighted by atomic mass is 10.0. The molecule has 5 heteroatoms. The molecule has 0 spiro atoms. The highest BCUT2D eigenvalue weighted by atomic mass is 32.2. The van der Waals surface area contributed by atoms with E-state index in [0.717, 1.165) is 22.4 Å². The normalized spacial score (nSPS) is 12.1. The van der Waals surface area contributed by atoms with Crippen LogP contribution in [-0.2, 0) is 28.3 Å². The molecule has 0 aliphatic rings. The number of thioether (sulfide) groups is 1. The number of hydrogen-bond donors (Lipinski definition) is 1. The van der Waals surface area contributed by atoms with E-state index < -0.39 is 11.6 Å². The van der Waals surface area contributed by atoms with Crippen molar-refractivity contribution in [1.82, 2.24) is 10.2 Å². The van der Waals surface area contributed by atoms with Crippen LogP contribution in [0.4, 0.5) is 0 Å². The predicted molar refractivity (Wildman–Crippen MR) is 151 cm³/mol. The molecule has 1 atom stereocenters. The molecule has 0 aliphatic heterocycles. The van der Waals surface area contributed by atoms with Crippen LogP contribution in [0.25, 0.3) is 0 Å². The summed E-state index contributed by atoms with van der Waals surface area (Å²) in [6, 6.07) is 25.8. The largest absolute Gasteiger partial charge is 0.350 e. The average Bonchev–Trinajstić information content (AvgIpc) is 2.82. The second-order valence-corrected chi connectivity index (χ2v) is 11.4. The smallest absolute Gasteiger partial charge is 0.243 e. The van der Waals surface area contributed by atoms with Gasteiger partial charge in [-0.2, -0.15) is 0 Å². The van der Waals surface area contributed by atoms with Gasteiger partial charge in [0.2, 0.25) is 11.8 Å². The Balaban J connectivity index is 1.86. The molecule has 190 valence electrons. The van der Waals surface area contributed by atoms with E-state index in [9.17, 15) is 9.59 Å². The molecule has 0 unspecified atom stereocenters. The number of carbonyl (C=O) groups is 2. The highest BCUT2D eigenvalue weighted by molar-refractivity contribution is 7.99. The summed E-state index contributed by atoms with van der Waals surface area (Å²) >= 11 is 1.59. The molecule has 2 amide bonds. The molecule has 36 heavy (non-hydrogen) atoms. The van der Waals surface area contributed by atoms with Gasteiger partial charge in [-0.25, -0.2) is 0 Å². The van der Waals surface area contributed by atoms with Crippen molar-refractivity contribution in [3.63, 3.8) is 0 Å². The Hall–Kier alpha value is -3.05. The van der Waals surface area contributed by atoms with Crippen molar-refractivity contribution in [2.75, 3.05) is 5.75 Å². The highest BCUT2D eigenvalue weighted by Crippen LogP contribution is 2.20. The molecule has 4 nitrogen and oxygen atoms in total. The van der Waals surface area contributed by atoms with Crippen molar-refractivity contribution >= 4 is 23.6 Å². The molecule has 0 fully saturated rings. The molecule has 0 heterocycles. The number of hydrogen-bond acceptors (Lipinski definition) is 3. The number of nitrogens with zero attached hydrogens (tertiary/aromatic N) is 1. The zero-order valence-corrected chi connectivity index (χ0v) is 22.9. The average molecular weight is 503 g/mol. The van der Waals surface area contributed by atoms with Gasteiger partial charge in [0.25, 0.3) is 0 Å². The standard InChI is InChI=1S/C31H38N2O2S/c1-23-14-16-26(17-15-23)20-33(29(34)22-36-21-27-13-9-10-24(2)18-27)28(30(35)32-31(3,4)5)19-25-11-7-6-8-12-25/h6-18,28H,19-22H2,1-5H3,(H,32,35)/t28-/m0/s1. The van der Waals surface area contributed by atoms with E-state index in [4.69, 9.17) is 0 Å². The molecule has 0 bridgehead atoms. The molecular formula is C31H38N2O2S. The molecule has 0 aromatic heterocycles. The summed E-state index contributed by atoms with van der Waals surface area (Å²) in [5.74, 6) is 0.908. The second kappa shape index (κ2) is 12.8. The molecule has 0 saturated carbocycles. The van der Waals surface area contributed by atoms with Crippen molar-refractivity contribution in [3.8, 4) is 0 Å². The highest BCUT2D eigenvalue weighted by Gasteiger charge is 2.32. The Kier molecular flexibility index (Phi) is 9.77. The topological polar surface area (TPSA) is 49.4 Å². The van der Waals surface area contributed by atoms with Gasteiger partial charge in [-0.1, -0.05) is 90.0 Å². The maximum atomic E-state index is 13.7. The SMILES string of the molecule is Cc1ccc(CN(C(=O)CSCc2cccc(C)c2)[C@@H](Cc2ccccc2)C(=O)NC(C)(C)C)cc1. The monoisotopic (exact) mass is 502 g/mol. The number of aryl methyl sites for hydroxylation is 2. The zero-order valence-electron chi connectivity index (χ0n) is 22.1. The van der Waals surface area contributed by atoms with Crippen LogP contribution < -0.4 is 5.32 Å². The van der Waals surface area contributed by atoms with Gasteiger partial charge >= 0.3 is 0 Å². The van der Waals surface area contributed by atoms with Gasteiger partial charge in [0.1, 0.15) is 6.04 Å². The van der Waals surface area contributed by atoms with Crippen LogP contribution >= 0.6 is 11.8 Å². The van der Waals surface area contributed by atoms with Crippen LogP contribution in [0.15, 0.2) is 78.9 Å². The van der Waals surface area contributed by atoms with Crippen LogP contribution in [0.3, 0.4) is 0 Å². The Labute approximate surface area is 220 Å². The van der Waals surface area contributed by atoms with E-state index in [-0.39, 0.29) is 11.8 Å². The first-order valence-electron chi connectivity index (χ1n) is 12.4. The van der Waals surface area contributed by atoms with Gasteiger partial charge in [-0.3, -0.25) is 9.59 Å². The number of benzene rings is 3. The number of rotatable bonds is 10. The van der Waals surface area contributed by atoms with E-state index in [1.54, 1.807) is 16.7 Å². The van der Waals surface area contributed by atoms with Crippen molar-refractivity contribution in [2.45, 2.75) is 64.9 Å². The maximum absolute atomic E-state index is 13.7. The van der Waals surface area contributed by atoms with Gasteiger partial charge in [0.05, 0.1) is 5.75 Å². The van der Waals surface area contributed by atoms with Gasteiger partial charge in [-0.05, 0) is 51.3 Å². The minimum Gasteiger partial charge on any atom is -0.350 e. The third kappa shape index (κ3) is 8.87. The molecule has 3 aromatic carbocycles. The zero-order chi connectivity index (χ0) is 26.1. The first-order chi connectivity index (χ1) is 17.1. The van der Waals surface area contributed by atoms with Crippen LogP contribution in [0.2, 0.25) is 0 Å². The predicted octanol–water partition coefficient (Wildman–Crippen LogP) is 6.09. The minimum atomic E-state index is -0.611. The number of carbonyl (C=O) groups excluding carboxylic acids is 2. The summed E-state index contributed by atoms with van der Waals surface area (Å²) < 4.78 is 0. The molecular weight excluding hydrogens is 464 g/mol. The lowest BCUT2D eigenvalue weighted by Gasteiger charge is -2.34. The molecule has 0 saturated heterocycles. The van der Waals surface area contributed by atoms with Gasteiger partial charge < -0.3 is 10.2 Å². The lowest BCUT2D eigenvalue weighted by molar-refractivity contribution is -0.140. The lowest BCUT2D eigenvalue weighted by Crippen LogP contribution is -2.54. The summed E-state index contributed by atoms with van der Waals surface area (Å²) in [4.78, 5) is 29.0. The Morgan fingerprint density at radius 2 is 1.50 bits per heavy atom. The van der Waals surface area contributed by atoms with Crippen LogP contribution in [0.1, 0.15) is 48.6 Å². The quantitative estimate of drug-likeness (QED) is 0.365. The Bertz CT molecular complexity index is 1140. The summed E-state index contributed by atoms with van der Waals surface area (Å²) in [6.07, 6.45) is 0.461. The summed E-state index contributed by atoms with van der Waals surface area (Å²) in [5.41, 5.74) is 5.22. The minimum absolute atomic E-state index is 0.0294. The van der Waals surface area contributed by atoms with Gasteiger partial charge in [0, 0.05) is 24.3 Å². The third-order valence-electron chi connectivity index (χ3n) is 5.82. The van der Waals surface area contributed by atoms with E-state index >= 15 is 0 Å². The van der Waals surface area contributed by atoms with Crippen molar-refractivity contribution in [2.24, 2.45) is 0 Å². The fourth-order valence-electron chi connectivity index (χ4n) is 4.04. The molecule has 1 N–H and O–H groups in total. The first kappa shape index (κ1) is 27.5. The van der Waals surface area contributed by atoms with Crippen LogP contribution in [0.5, 0.6) is 0 Å². The van der Waals surface area contributed by atoms with Crippen LogP contribution in [-0.4, -0.2) is 34.0 Å². The van der Waals surface area contributed by atoms with E-state index in [2.05, 4.69) is 30.4 Å². The fourth-order valence-corrected chi connectivity index (χ4v) is 4.90. The Morgan fingerprint density at radius 3 is 2.14 bits per heavy atom. The second-order valence-electron chi connectivity index (χ2n) is 10.4. The summed E-state index contributed by atoms with van der Waals surface area (Å²) in [5, 5.41) is 3.12.